The Bertz CT molecular complexity index is 799. The number of benzene rings is 2. The number of hydrogen-bond acceptors (Lipinski definition) is 4. The van der Waals surface area contributed by atoms with Crippen LogP contribution in [-0.4, -0.2) is 23.0 Å². The average Bonchev–Trinajstić information content (AvgIpc) is 2.99. The van der Waals surface area contributed by atoms with Gasteiger partial charge in [0.15, 0.2) is 5.82 Å². The first-order valence-electron chi connectivity index (χ1n) is 6.26. The molecule has 2 aromatic carbocycles. The first-order chi connectivity index (χ1) is 10.2. The third-order valence-electron chi connectivity index (χ3n) is 3.11. The van der Waals surface area contributed by atoms with E-state index >= 15 is 0 Å². The smallest absolute Gasteiger partial charge is 0.340 e. The lowest BCUT2D eigenvalue weighted by Gasteiger charge is -2.12. The number of carbonyl (C=O) groups excluding carboxylic acids is 1. The van der Waals surface area contributed by atoms with Gasteiger partial charge in [0.25, 0.3) is 0 Å². The molecule has 106 valence electrons. The first-order valence-corrected chi connectivity index (χ1v) is 6.26. The van der Waals surface area contributed by atoms with Crippen LogP contribution in [0.5, 0.6) is 0 Å². The second-order valence-corrected chi connectivity index (χ2v) is 4.39. The van der Waals surface area contributed by atoms with Gasteiger partial charge in [-0.2, -0.15) is 0 Å². The summed E-state index contributed by atoms with van der Waals surface area (Å²) in [5, 5.41) is 2.91. The van der Waals surface area contributed by atoms with E-state index in [0.717, 1.165) is 0 Å². The van der Waals surface area contributed by atoms with Crippen LogP contribution in [0.4, 0.5) is 15.8 Å². The van der Waals surface area contributed by atoms with Crippen LogP contribution in [0.25, 0.3) is 11.0 Å². The fraction of sp³-hybridized carbons (Fsp3) is 0.0667. The van der Waals surface area contributed by atoms with Gasteiger partial charge in [0.2, 0.25) is 0 Å². The maximum atomic E-state index is 14.6. The highest BCUT2D eigenvalue weighted by Crippen LogP contribution is 2.30. The van der Waals surface area contributed by atoms with E-state index < -0.39 is 11.8 Å². The first kappa shape index (κ1) is 13.1. The summed E-state index contributed by atoms with van der Waals surface area (Å²) in [4.78, 5) is 18.6. The Kier molecular flexibility index (Phi) is 3.27. The Labute approximate surface area is 119 Å². The summed E-state index contributed by atoms with van der Waals surface area (Å²) in [6, 6.07) is 10.5. The molecule has 0 amide bonds. The normalized spacial score (nSPS) is 10.6. The lowest BCUT2D eigenvalue weighted by molar-refractivity contribution is 0.0601. The quantitative estimate of drug-likeness (QED) is 0.725. The van der Waals surface area contributed by atoms with Crippen molar-refractivity contribution in [2.75, 3.05) is 12.4 Å². The number of hydrogen-bond donors (Lipinski definition) is 2. The van der Waals surface area contributed by atoms with Gasteiger partial charge in [-0.25, -0.2) is 14.2 Å². The van der Waals surface area contributed by atoms with Crippen molar-refractivity contribution in [2.45, 2.75) is 0 Å². The maximum Gasteiger partial charge on any atom is 0.340 e. The van der Waals surface area contributed by atoms with Crippen LogP contribution in [-0.2, 0) is 4.74 Å². The number of carbonyl (C=O) groups is 1. The van der Waals surface area contributed by atoms with Crippen LogP contribution in [0.1, 0.15) is 10.4 Å². The molecule has 1 aromatic heterocycles. The van der Waals surface area contributed by atoms with Crippen molar-refractivity contribution in [3.05, 3.63) is 54.1 Å². The molecule has 3 aromatic rings. The van der Waals surface area contributed by atoms with Gasteiger partial charge < -0.3 is 15.0 Å². The number of nitrogens with one attached hydrogen (secondary N) is 2. The zero-order valence-electron chi connectivity index (χ0n) is 11.2. The topological polar surface area (TPSA) is 67.0 Å². The molecule has 0 spiro atoms. The minimum atomic E-state index is -0.628. The van der Waals surface area contributed by atoms with Crippen LogP contribution >= 0.6 is 0 Å². The SMILES string of the molecule is COC(=O)c1cc2nc[nH]c2c(F)c1Nc1ccccc1. The van der Waals surface area contributed by atoms with Gasteiger partial charge in [-0.1, -0.05) is 18.2 Å². The Morgan fingerprint density at radius 2 is 2.10 bits per heavy atom. The number of nitrogens with zero attached hydrogens (tertiary/aromatic N) is 1. The summed E-state index contributed by atoms with van der Waals surface area (Å²) in [5.74, 6) is -1.20. The van der Waals surface area contributed by atoms with Crippen LogP contribution in [0.15, 0.2) is 42.7 Å². The van der Waals surface area contributed by atoms with E-state index in [-0.39, 0.29) is 16.8 Å². The van der Waals surface area contributed by atoms with E-state index in [1.807, 2.05) is 18.2 Å². The molecule has 3 rings (SSSR count). The number of esters is 1. The number of halogens is 1. The summed E-state index contributed by atoms with van der Waals surface area (Å²) in [6.07, 6.45) is 1.38. The molecule has 0 aliphatic rings. The number of methoxy groups -OCH3 is 1. The van der Waals surface area contributed by atoms with E-state index in [2.05, 4.69) is 15.3 Å². The molecule has 0 aliphatic heterocycles. The van der Waals surface area contributed by atoms with E-state index in [4.69, 9.17) is 4.74 Å². The Morgan fingerprint density at radius 1 is 1.33 bits per heavy atom. The van der Waals surface area contributed by atoms with Crippen LogP contribution in [0.2, 0.25) is 0 Å². The number of fused-ring (bicyclic) bond motifs is 1. The summed E-state index contributed by atoms with van der Waals surface area (Å²) in [6.45, 7) is 0. The predicted octanol–water partition coefficient (Wildman–Crippen LogP) is 3.23. The van der Waals surface area contributed by atoms with Crippen LogP contribution in [0.3, 0.4) is 0 Å². The maximum absolute atomic E-state index is 14.6. The molecule has 0 unspecified atom stereocenters. The molecule has 21 heavy (non-hydrogen) atoms. The second kappa shape index (κ2) is 5.24. The molecule has 0 atom stereocenters. The number of aromatic amines is 1. The molecule has 6 heteroatoms. The fourth-order valence-electron chi connectivity index (χ4n) is 2.10. The average molecular weight is 285 g/mol. The van der Waals surface area contributed by atoms with Gasteiger partial charge in [0.05, 0.1) is 30.2 Å². The molecule has 0 radical (unpaired) electrons. The van der Waals surface area contributed by atoms with Crippen molar-refractivity contribution >= 4 is 28.4 Å². The van der Waals surface area contributed by atoms with E-state index in [1.54, 1.807) is 12.1 Å². The highest BCUT2D eigenvalue weighted by atomic mass is 19.1. The van der Waals surface area contributed by atoms with E-state index in [9.17, 15) is 9.18 Å². The van der Waals surface area contributed by atoms with Gasteiger partial charge in [0.1, 0.15) is 5.52 Å². The Morgan fingerprint density at radius 3 is 2.81 bits per heavy atom. The molecule has 0 fully saturated rings. The summed E-state index contributed by atoms with van der Waals surface area (Å²) in [7, 11) is 1.25. The van der Waals surface area contributed by atoms with Gasteiger partial charge in [-0.05, 0) is 18.2 Å². The highest BCUT2D eigenvalue weighted by molar-refractivity contribution is 6.01. The number of imidazole rings is 1. The third-order valence-corrected chi connectivity index (χ3v) is 3.11. The second-order valence-electron chi connectivity index (χ2n) is 4.39. The molecule has 1 heterocycles. The summed E-state index contributed by atoms with van der Waals surface area (Å²) >= 11 is 0. The fourth-order valence-corrected chi connectivity index (χ4v) is 2.10. The largest absolute Gasteiger partial charge is 0.465 e. The van der Waals surface area contributed by atoms with Gasteiger partial charge in [-0.3, -0.25) is 0 Å². The van der Waals surface area contributed by atoms with E-state index in [1.165, 1.54) is 19.5 Å². The molecule has 0 bridgehead atoms. The predicted molar refractivity (Wildman–Crippen MR) is 77.1 cm³/mol. The number of para-hydroxylation sites is 1. The number of H-pyrrole nitrogens is 1. The highest BCUT2D eigenvalue weighted by Gasteiger charge is 2.20. The number of ether oxygens (including phenoxy) is 1. The van der Waals surface area contributed by atoms with Gasteiger partial charge in [-0.15, -0.1) is 0 Å². The van der Waals surface area contributed by atoms with Gasteiger partial charge >= 0.3 is 5.97 Å². The van der Waals surface area contributed by atoms with Crippen molar-refractivity contribution in [3.63, 3.8) is 0 Å². The monoisotopic (exact) mass is 285 g/mol. The molecule has 5 nitrogen and oxygen atoms in total. The van der Waals surface area contributed by atoms with Crippen molar-refractivity contribution in [3.8, 4) is 0 Å². The third kappa shape index (κ3) is 2.31. The molecular formula is C15H12FN3O2. The number of aromatic nitrogens is 2. The molecule has 2 N–H and O–H groups in total. The zero-order valence-corrected chi connectivity index (χ0v) is 11.2. The lowest BCUT2D eigenvalue weighted by Crippen LogP contribution is -2.08. The Hall–Kier alpha value is -2.89. The molecule has 0 saturated carbocycles. The standard InChI is InChI=1S/C15H12FN3O2/c1-21-15(20)10-7-11-14(18-8-17-11)12(16)13(10)19-9-5-3-2-4-6-9/h2-8,19H,1H3,(H,17,18). The summed E-state index contributed by atoms with van der Waals surface area (Å²) < 4.78 is 19.3. The van der Waals surface area contributed by atoms with Gasteiger partial charge in [0, 0.05) is 5.69 Å². The lowest BCUT2D eigenvalue weighted by atomic mass is 10.1. The number of rotatable bonds is 3. The van der Waals surface area contributed by atoms with Crippen LogP contribution in [0, 0.1) is 5.82 Å². The van der Waals surface area contributed by atoms with Crippen molar-refractivity contribution in [2.24, 2.45) is 0 Å². The van der Waals surface area contributed by atoms with E-state index in [0.29, 0.717) is 11.2 Å². The van der Waals surface area contributed by atoms with Crippen LogP contribution < -0.4 is 5.32 Å². The minimum absolute atomic E-state index is 0.0600. The molecular weight excluding hydrogens is 273 g/mol. The van der Waals surface area contributed by atoms with Crippen molar-refractivity contribution < 1.29 is 13.9 Å². The number of anilines is 2. The minimum Gasteiger partial charge on any atom is -0.465 e. The van der Waals surface area contributed by atoms with Crippen molar-refractivity contribution in [1.82, 2.24) is 9.97 Å². The summed E-state index contributed by atoms with van der Waals surface area (Å²) in [5.41, 5.74) is 1.43. The molecule has 0 saturated heterocycles. The Balaban J connectivity index is 2.18. The van der Waals surface area contributed by atoms with Crippen molar-refractivity contribution in [1.29, 1.82) is 0 Å². The molecule has 0 aliphatic carbocycles. The zero-order chi connectivity index (χ0) is 14.8.